The van der Waals surface area contributed by atoms with Crippen LogP contribution in [0.2, 0.25) is 0 Å². The van der Waals surface area contributed by atoms with E-state index in [0.717, 1.165) is 12.5 Å². The zero-order chi connectivity index (χ0) is 16.9. The molecule has 2 saturated carbocycles. The van der Waals surface area contributed by atoms with E-state index in [9.17, 15) is 4.79 Å². The SMILES string of the molecule is CC1CCCCC1NC1CCCCC1CNC(=O)OC(C)(C)C. The highest BCUT2D eigenvalue weighted by atomic mass is 16.6. The molecular formula is C19H36N2O2. The lowest BCUT2D eigenvalue weighted by atomic mass is 9.81. The number of rotatable bonds is 4. The predicted molar refractivity (Wildman–Crippen MR) is 94.5 cm³/mol. The lowest BCUT2D eigenvalue weighted by Gasteiger charge is -2.39. The van der Waals surface area contributed by atoms with Gasteiger partial charge in [-0.15, -0.1) is 0 Å². The molecule has 4 atom stereocenters. The summed E-state index contributed by atoms with van der Waals surface area (Å²) in [6.45, 7) is 8.83. The smallest absolute Gasteiger partial charge is 0.407 e. The number of alkyl carbamates (subject to hydrolysis) is 1. The van der Waals surface area contributed by atoms with Gasteiger partial charge in [0, 0.05) is 18.6 Å². The quantitative estimate of drug-likeness (QED) is 0.813. The Bertz CT molecular complexity index is 378. The molecule has 0 spiro atoms. The summed E-state index contributed by atoms with van der Waals surface area (Å²) in [4.78, 5) is 11.9. The monoisotopic (exact) mass is 324 g/mol. The van der Waals surface area contributed by atoms with E-state index in [1.807, 2.05) is 20.8 Å². The molecule has 0 aromatic rings. The van der Waals surface area contributed by atoms with E-state index in [1.165, 1.54) is 51.4 Å². The molecule has 0 radical (unpaired) electrons. The molecule has 23 heavy (non-hydrogen) atoms. The van der Waals surface area contributed by atoms with Crippen molar-refractivity contribution in [2.75, 3.05) is 6.54 Å². The first-order valence-corrected chi connectivity index (χ1v) is 9.58. The molecule has 4 unspecified atom stereocenters. The van der Waals surface area contributed by atoms with Gasteiger partial charge in [-0.1, -0.05) is 32.6 Å². The minimum atomic E-state index is -0.425. The molecule has 2 fully saturated rings. The van der Waals surface area contributed by atoms with Crippen molar-refractivity contribution in [2.45, 2.75) is 96.7 Å². The Labute approximate surface area is 142 Å². The minimum absolute atomic E-state index is 0.284. The van der Waals surface area contributed by atoms with E-state index >= 15 is 0 Å². The van der Waals surface area contributed by atoms with Crippen LogP contribution in [0.4, 0.5) is 4.79 Å². The van der Waals surface area contributed by atoms with Crippen LogP contribution in [-0.4, -0.2) is 30.3 Å². The molecule has 4 heteroatoms. The van der Waals surface area contributed by atoms with E-state index < -0.39 is 5.60 Å². The molecule has 2 aliphatic rings. The van der Waals surface area contributed by atoms with Gasteiger partial charge >= 0.3 is 6.09 Å². The van der Waals surface area contributed by atoms with Crippen LogP contribution in [0, 0.1) is 11.8 Å². The van der Waals surface area contributed by atoms with Crippen molar-refractivity contribution >= 4 is 6.09 Å². The van der Waals surface area contributed by atoms with E-state index in [4.69, 9.17) is 4.74 Å². The normalized spacial score (nSPS) is 32.3. The zero-order valence-corrected chi connectivity index (χ0v) is 15.5. The highest BCUT2D eigenvalue weighted by Gasteiger charge is 2.30. The third kappa shape index (κ3) is 6.33. The van der Waals surface area contributed by atoms with E-state index in [-0.39, 0.29) is 6.09 Å². The second kappa shape index (κ2) is 8.36. The van der Waals surface area contributed by atoms with E-state index in [0.29, 0.717) is 18.0 Å². The van der Waals surface area contributed by atoms with Gasteiger partial charge < -0.3 is 15.4 Å². The summed E-state index contributed by atoms with van der Waals surface area (Å²) in [6.07, 6.45) is 10.1. The van der Waals surface area contributed by atoms with Crippen LogP contribution in [0.15, 0.2) is 0 Å². The van der Waals surface area contributed by atoms with Crippen molar-refractivity contribution in [3.05, 3.63) is 0 Å². The topological polar surface area (TPSA) is 50.4 Å². The van der Waals surface area contributed by atoms with Crippen LogP contribution >= 0.6 is 0 Å². The molecule has 0 heterocycles. The fourth-order valence-electron chi connectivity index (χ4n) is 4.04. The average molecular weight is 325 g/mol. The van der Waals surface area contributed by atoms with Crippen LogP contribution < -0.4 is 10.6 Å². The van der Waals surface area contributed by atoms with Crippen molar-refractivity contribution < 1.29 is 9.53 Å². The van der Waals surface area contributed by atoms with Crippen LogP contribution in [0.25, 0.3) is 0 Å². The minimum Gasteiger partial charge on any atom is -0.444 e. The van der Waals surface area contributed by atoms with Gasteiger partial charge in [-0.05, 0) is 58.3 Å². The highest BCUT2D eigenvalue weighted by molar-refractivity contribution is 5.67. The Kier molecular flexibility index (Phi) is 6.75. The van der Waals surface area contributed by atoms with Gasteiger partial charge in [0.2, 0.25) is 0 Å². The van der Waals surface area contributed by atoms with Gasteiger partial charge in [0.15, 0.2) is 0 Å². The lowest BCUT2D eigenvalue weighted by molar-refractivity contribution is 0.0508. The Hall–Kier alpha value is -0.770. The van der Waals surface area contributed by atoms with Crippen molar-refractivity contribution in [1.82, 2.24) is 10.6 Å². The van der Waals surface area contributed by atoms with Crippen LogP contribution in [0.3, 0.4) is 0 Å². The number of hydrogen-bond donors (Lipinski definition) is 2. The van der Waals surface area contributed by atoms with Crippen LogP contribution in [-0.2, 0) is 4.74 Å². The summed E-state index contributed by atoms with van der Waals surface area (Å²) >= 11 is 0. The van der Waals surface area contributed by atoms with Crippen molar-refractivity contribution in [1.29, 1.82) is 0 Å². The molecule has 2 N–H and O–H groups in total. The van der Waals surface area contributed by atoms with E-state index in [1.54, 1.807) is 0 Å². The van der Waals surface area contributed by atoms with Gasteiger partial charge in [0.25, 0.3) is 0 Å². The fraction of sp³-hybridized carbons (Fsp3) is 0.947. The molecule has 0 saturated heterocycles. The van der Waals surface area contributed by atoms with Gasteiger partial charge in [0.1, 0.15) is 5.60 Å². The fourth-order valence-corrected chi connectivity index (χ4v) is 4.04. The molecule has 0 aromatic heterocycles. The number of ether oxygens (including phenoxy) is 1. The first-order chi connectivity index (χ1) is 10.8. The average Bonchev–Trinajstić information content (AvgIpc) is 2.47. The standard InChI is InChI=1S/C19H36N2O2/c1-14-9-5-7-11-16(14)21-17-12-8-6-10-15(17)13-20-18(22)23-19(2,3)4/h14-17,21H,5-13H2,1-4H3,(H,20,22). The largest absolute Gasteiger partial charge is 0.444 e. The van der Waals surface area contributed by atoms with Crippen molar-refractivity contribution in [3.63, 3.8) is 0 Å². The number of hydrogen-bond acceptors (Lipinski definition) is 3. The Morgan fingerprint density at radius 2 is 1.61 bits per heavy atom. The van der Waals surface area contributed by atoms with Gasteiger partial charge in [-0.2, -0.15) is 0 Å². The van der Waals surface area contributed by atoms with Crippen molar-refractivity contribution in [3.8, 4) is 0 Å². The Morgan fingerprint density at radius 1 is 1.00 bits per heavy atom. The van der Waals surface area contributed by atoms with Crippen LogP contribution in [0.1, 0.15) is 79.1 Å². The van der Waals surface area contributed by atoms with Gasteiger partial charge in [0.05, 0.1) is 0 Å². The number of carbonyl (C=O) groups is 1. The number of carbonyl (C=O) groups excluding carboxylic acids is 1. The molecule has 2 aliphatic carbocycles. The summed E-state index contributed by atoms with van der Waals surface area (Å²) in [5.74, 6) is 1.32. The van der Waals surface area contributed by atoms with E-state index in [2.05, 4.69) is 17.6 Å². The zero-order valence-electron chi connectivity index (χ0n) is 15.5. The first-order valence-electron chi connectivity index (χ1n) is 9.58. The maximum Gasteiger partial charge on any atom is 0.407 e. The summed E-state index contributed by atoms with van der Waals surface area (Å²) in [5, 5.41) is 6.92. The molecule has 1 amide bonds. The third-order valence-electron chi connectivity index (χ3n) is 5.36. The predicted octanol–water partition coefficient (Wildman–Crippen LogP) is 4.24. The molecule has 134 valence electrons. The second-order valence-electron chi connectivity index (χ2n) is 8.57. The van der Waals surface area contributed by atoms with Crippen molar-refractivity contribution in [2.24, 2.45) is 11.8 Å². The lowest BCUT2D eigenvalue weighted by Crippen LogP contribution is -2.50. The molecule has 0 aliphatic heterocycles. The summed E-state index contributed by atoms with van der Waals surface area (Å²) in [6, 6.07) is 1.21. The molecule has 0 aromatic carbocycles. The third-order valence-corrected chi connectivity index (χ3v) is 5.36. The van der Waals surface area contributed by atoms with Gasteiger partial charge in [-0.3, -0.25) is 0 Å². The summed E-state index contributed by atoms with van der Waals surface area (Å²) < 4.78 is 5.36. The number of amides is 1. The Balaban J connectivity index is 1.82. The highest BCUT2D eigenvalue weighted by Crippen LogP contribution is 2.29. The van der Waals surface area contributed by atoms with Crippen LogP contribution in [0.5, 0.6) is 0 Å². The molecular weight excluding hydrogens is 288 g/mol. The second-order valence-corrected chi connectivity index (χ2v) is 8.57. The molecule has 0 bridgehead atoms. The number of nitrogens with one attached hydrogen (secondary N) is 2. The van der Waals surface area contributed by atoms with Gasteiger partial charge in [-0.25, -0.2) is 4.79 Å². The maximum atomic E-state index is 11.9. The molecule has 2 rings (SSSR count). The molecule has 4 nitrogen and oxygen atoms in total. The first kappa shape index (κ1) is 18.6. The Morgan fingerprint density at radius 3 is 2.26 bits per heavy atom. The summed E-state index contributed by atoms with van der Waals surface area (Å²) in [7, 11) is 0. The maximum absolute atomic E-state index is 11.9. The summed E-state index contributed by atoms with van der Waals surface area (Å²) in [5.41, 5.74) is -0.425.